The third-order valence-corrected chi connectivity index (χ3v) is 32.2. The molecule has 6 heteroatoms. The van der Waals surface area contributed by atoms with Crippen LogP contribution in [-0.4, -0.2) is 36.3 Å². The maximum atomic E-state index is 5.41. The Morgan fingerprint density at radius 3 is 1.12 bits per heavy atom. The van der Waals surface area contributed by atoms with Gasteiger partial charge in [-0.2, -0.15) is 0 Å². The van der Waals surface area contributed by atoms with Gasteiger partial charge in [-0.3, -0.25) is 9.56 Å². The molecule has 0 bridgehead atoms. The predicted octanol–water partition coefficient (Wildman–Crippen LogP) is 33.3. The van der Waals surface area contributed by atoms with Crippen LogP contribution in [0.5, 0.6) is 0 Å². The molecule has 30 rings (SSSR count). The summed E-state index contributed by atoms with van der Waals surface area (Å²) in [6.45, 7) is 14.1. The van der Waals surface area contributed by atoms with Crippen LogP contribution in [0.4, 0.5) is 0 Å². The second-order valence-electron chi connectivity index (χ2n) is 40.5. The molecule has 140 heavy (non-hydrogen) atoms. The zero-order valence-electron chi connectivity index (χ0n) is 78.6. The molecule has 660 valence electrons. The topological polar surface area (TPSA) is 68.8 Å². The van der Waals surface area contributed by atoms with Crippen LogP contribution < -0.4 is 0 Å². The number of para-hydroxylation sites is 1. The van der Waals surface area contributed by atoms with E-state index in [4.69, 9.17) is 24.9 Å². The zero-order valence-corrected chi connectivity index (χ0v) is 78.6. The molecule has 23 aromatic rings. The van der Waals surface area contributed by atoms with E-state index in [-0.39, 0.29) is 33.6 Å². The van der Waals surface area contributed by atoms with Gasteiger partial charge in [0.05, 0.1) is 56.3 Å². The lowest BCUT2D eigenvalue weighted by Crippen LogP contribution is -2.25. The van der Waals surface area contributed by atoms with Crippen molar-refractivity contribution in [2.24, 2.45) is 10.9 Å². The standard InChI is InChI=1S/C53H35N.C42H32N2.C39H27N3/c1-52(2)42-19-9-8-18-41(42)51-50(52)48(49-36-14-4-3-13-33(36)28-30-47(49)54-51)34-25-23-32(24-26-34)35-27-29-40-39-17-7-12-22-45(39)53(46(40)31-35)43-20-10-5-15-37(43)38-16-6-11-21-44(38)53;1-42(2)33-18-10-8-16-31(33)41-39(42)37(38-30-15-7-6-12-26(30)24-25-35(38)44-41)28-22-20-27(21-23-28)36-32-17-9-11-19-34(32)43-40(36)29-13-4-3-5-14-29;1-39(2)31-15-7-5-13-30(31)37-36(39)34(35-27-11-4-3-10-24(27)19-22-32(35)41-37)25-17-20-26(21-18-25)42-33-16-8-6-12-28(33)29-14-9-23-40-38(29)42/h3-31H,1-2H3;3-25,32,34,36H,1-2H3;3-23H,1-2H3. The Bertz CT molecular complexity index is 9230. The van der Waals surface area contributed by atoms with Gasteiger partial charge in [0.15, 0.2) is 0 Å². The van der Waals surface area contributed by atoms with Crippen molar-refractivity contribution in [3.63, 3.8) is 0 Å². The lowest BCUT2D eigenvalue weighted by atomic mass is 9.70. The molecule has 3 atom stereocenters. The van der Waals surface area contributed by atoms with Gasteiger partial charge in [0.2, 0.25) is 0 Å². The third kappa shape index (κ3) is 11.8. The summed E-state index contributed by atoms with van der Waals surface area (Å²) in [6.07, 6.45) is 10.8. The first-order chi connectivity index (χ1) is 68.7. The first-order valence-corrected chi connectivity index (χ1v) is 49.2. The highest BCUT2D eigenvalue weighted by Crippen LogP contribution is 2.65. The number of rotatable bonds is 7. The predicted molar refractivity (Wildman–Crippen MR) is 582 cm³/mol. The molecule has 6 heterocycles. The van der Waals surface area contributed by atoms with Gasteiger partial charge in [0, 0.05) is 83.6 Å². The number of nitrogens with zero attached hydrogens (tertiary/aromatic N) is 6. The lowest BCUT2D eigenvalue weighted by Gasteiger charge is -2.30. The molecule has 3 unspecified atom stereocenters. The SMILES string of the molecule is CC1(C)c2ccccc2-c2nc3ccc4ccccc4c3c(-c3ccc(-c4ccc5c(c4)C4(c6ccccc6-c6ccccc64)c4ccccc4-5)cc3)c21.CC1(C)c2ccccc2-c2nc3ccc4ccccc4c3c(-c3ccc(-n4c5ccccc5c5cccnc54)cc3)c21.CC1(C)c2ccccc2-c2nc3ccc4ccccc4c3c(-c3ccc(C4C(c5ccccc5)=NC5C=CC=CC54)cc3)c21. The summed E-state index contributed by atoms with van der Waals surface area (Å²) in [7, 11) is 0. The number of aromatic nitrogens is 5. The van der Waals surface area contributed by atoms with Crippen molar-refractivity contribution in [1.82, 2.24) is 24.5 Å². The Kier molecular flexibility index (Phi) is 17.9. The number of pyridine rings is 4. The van der Waals surface area contributed by atoms with Crippen LogP contribution in [0.3, 0.4) is 0 Å². The molecule has 0 radical (unpaired) electrons. The fourth-order valence-corrected chi connectivity index (χ4v) is 26.0. The van der Waals surface area contributed by atoms with Crippen LogP contribution in [-0.2, 0) is 21.7 Å². The largest absolute Gasteiger partial charge is 0.294 e. The molecule has 0 amide bonds. The summed E-state index contributed by atoms with van der Waals surface area (Å²) >= 11 is 0. The number of hydrogen-bond acceptors (Lipinski definition) is 5. The highest BCUT2D eigenvalue weighted by molar-refractivity contribution is 6.20. The van der Waals surface area contributed by atoms with Crippen LogP contribution >= 0.6 is 0 Å². The van der Waals surface area contributed by atoms with Gasteiger partial charge in [-0.1, -0.05) is 424 Å². The Morgan fingerprint density at radius 1 is 0.271 bits per heavy atom. The quantitative estimate of drug-likeness (QED) is 0.149. The average Bonchev–Trinajstić information content (AvgIpc) is 1.50. The minimum Gasteiger partial charge on any atom is -0.294 e. The fraction of sp³-hybridized carbons (Fsp3) is 0.0970. The Hall–Kier alpha value is -16.9. The van der Waals surface area contributed by atoms with Crippen molar-refractivity contribution in [3.05, 3.63) is 510 Å². The van der Waals surface area contributed by atoms with Gasteiger partial charge in [-0.15, -0.1) is 0 Å². The summed E-state index contributed by atoms with van der Waals surface area (Å²) in [5, 5.41) is 13.5. The Balaban J connectivity index is 0.000000104. The molecule has 18 aromatic carbocycles. The molecule has 0 saturated heterocycles. The smallest absolute Gasteiger partial charge is 0.145 e. The fourth-order valence-electron chi connectivity index (χ4n) is 26.0. The van der Waals surface area contributed by atoms with E-state index in [0.717, 1.165) is 50.5 Å². The monoisotopic (exact) mass is 1790 g/mol. The molecule has 0 N–H and O–H groups in total. The minimum absolute atomic E-state index is 0.177. The second kappa shape index (κ2) is 30.8. The number of aliphatic imine (C=N–C) groups is 1. The number of benzene rings is 18. The summed E-state index contributed by atoms with van der Waals surface area (Å²) in [6, 6.07) is 152. The van der Waals surface area contributed by atoms with Crippen molar-refractivity contribution in [2.45, 2.75) is 75.2 Å². The van der Waals surface area contributed by atoms with Gasteiger partial charge in [-0.25, -0.2) is 19.9 Å². The number of fused-ring (bicyclic) bond motifs is 32. The molecule has 1 spiro atoms. The lowest BCUT2D eigenvalue weighted by molar-refractivity contribution is 0.583. The first-order valence-electron chi connectivity index (χ1n) is 49.2. The van der Waals surface area contributed by atoms with E-state index < -0.39 is 0 Å². The maximum Gasteiger partial charge on any atom is 0.145 e. The van der Waals surface area contributed by atoms with Crippen molar-refractivity contribution in [2.75, 3.05) is 0 Å². The number of allylic oxidation sites excluding steroid dienone is 2. The zero-order chi connectivity index (χ0) is 93.2. The highest BCUT2D eigenvalue weighted by Gasteiger charge is 2.52. The van der Waals surface area contributed by atoms with Crippen LogP contribution in [0.15, 0.2) is 448 Å². The van der Waals surface area contributed by atoms with E-state index in [1.165, 1.54) is 215 Å². The van der Waals surface area contributed by atoms with Gasteiger partial charge >= 0.3 is 0 Å². The summed E-state index contributed by atoms with van der Waals surface area (Å²) in [5.41, 5.74) is 45.0. The summed E-state index contributed by atoms with van der Waals surface area (Å²) in [4.78, 5) is 26.2. The van der Waals surface area contributed by atoms with Crippen molar-refractivity contribution < 1.29 is 0 Å². The van der Waals surface area contributed by atoms with E-state index in [2.05, 4.69) is 477 Å². The third-order valence-electron chi connectivity index (χ3n) is 32.2. The minimum atomic E-state index is -0.354. The van der Waals surface area contributed by atoms with E-state index in [0.29, 0.717) is 5.92 Å². The Labute approximate surface area is 813 Å². The van der Waals surface area contributed by atoms with Crippen LogP contribution in [0.1, 0.15) is 114 Å². The van der Waals surface area contributed by atoms with Gasteiger partial charge in [0.25, 0.3) is 0 Å². The first kappa shape index (κ1) is 81.4. The van der Waals surface area contributed by atoms with E-state index >= 15 is 0 Å². The Morgan fingerprint density at radius 2 is 0.643 bits per heavy atom. The van der Waals surface area contributed by atoms with Crippen molar-refractivity contribution in [3.8, 4) is 106 Å². The van der Waals surface area contributed by atoms with Gasteiger partial charge in [-0.05, 0) is 220 Å². The molecular formula is C134H94N6. The highest BCUT2D eigenvalue weighted by atomic mass is 15.0. The van der Waals surface area contributed by atoms with Crippen LogP contribution in [0.2, 0.25) is 0 Å². The molecule has 6 aliphatic carbocycles. The van der Waals surface area contributed by atoms with Crippen LogP contribution in [0, 0.1) is 5.92 Å². The maximum absolute atomic E-state index is 5.41. The van der Waals surface area contributed by atoms with E-state index in [9.17, 15) is 0 Å². The normalized spacial score (nSPS) is 16.4. The molecule has 7 aliphatic rings. The average molecular weight is 1790 g/mol. The van der Waals surface area contributed by atoms with Gasteiger partial charge in [0.1, 0.15) is 5.65 Å². The van der Waals surface area contributed by atoms with E-state index in [1.807, 2.05) is 12.3 Å². The summed E-state index contributed by atoms with van der Waals surface area (Å²) in [5.74, 6) is 0.531. The molecule has 1 aliphatic heterocycles. The number of hydrogen-bond donors (Lipinski definition) is 0. The van der Waals surface area contributed by atoms with Crippen LogP contribution in [0.25, 0.3) is 193 Å². The summed E-state index contributed by atoms with van der Waals surface area (Å²) < 4.78 is 2.28. The second-order valence-corrected chi connectivity index (χ2v) is 40.5. The molecule has 6 nitrogen and oxygen atoms in total. The molecular weight excluding hydrogens is 1690 g/mol. The van der Waals surface area contributed by atoms with Crippen molar-refractivity contribution >= 4 is 92.7 Å². The van der Waals surface area contributed by atoms with Crippen molar-refractivity contribution in [1.29, 1.82) is 0 Å². The van der Waals surface area contributed by atoms with Gasteiger partial charge < -0.3 is 0 Å². The molecule has 5 aromatic heterocycles. The molecule has 0 fully saturated rings. The van der Waals surface area contributed by atoms with E-state index in [1.54, 1.807) is 0 Å². The molecule has 0 saturated carbocycles.